The standard InChI is InChI=1S/C17H11FIN5/c18-12-2-1-3-14(8-12)23-17-21-10-15(19)16(24-17)22-13-6-4-11(9-20)5-7-13/h1-8,10H,(H2,21,22,23,24). The van der Waals surface area contributed by atoms with Crippen LogP contribution in [0.25, 0.3) is 0 Å². The van der Waals surface area contributed by atoms with Crippen molar-refractivity contribution in [3.8, 4) is 6.07 Å². The Balaban J connectivity index is 1.82. The first kappa shape index (κ1) is 16.1. The molecule has 0 radical (unpaired) electrons. The topological polar surface area (TPSA) is 73.6 Å². The summed E-state index contributed by atoms with van der Waals surface area (Å²) in [6.07, 6.45) is 1.67. The number of anilines is 4. The molecule has 3 rings (SSSR count). The summed E-state index contributed by atoms with van der Waals surface area (Å²) < 4.78 is 14.1. The number of nitrogens with zero attached hydrogens (tertiary/aromatic N) is 3. The van der Waals surface area contributed by atoms with Crippen LogP contribution >= 0.6 is 22.6 Å². The molecule has 0 aliphatic carbocycles. The monoisotopic (exact) mass is 431 g/mol. The predicted octanol–water partition coefficient (Wildman–Crippen LogP) is 4.58. The third-order valence-electron chi connectivity index (χ3n) is 3.10. The Labute approximate surface area is 151 Å². The molecule has 2 N–H and O–H groups in total. The molecule has 0 unspecified atom stereocenters. The van der Waals surface area contributed by atoms with Crippen LogP contribution < -0.4 is 10.6 Å². The number of rotatable bonds is 4. The van der Waals surface area contributed by atoms with Gasteiger partial charge in [-0.1, -0.05) is 6.07 Å². The van der Waals surface area contributed by atoms with E-state index in [9.17, 15) is 4.39 Å². The van der Waals surface area contributed by atoms with Crippen LogP contribution in [0.4, 0.5) is 27.5 Å². The minimum atomic E-state index is -0.332. The summed E-state index contributed by atoms with van der Waals surface area (Å²) in [5.41, 5.74) is 1.97. The number of nitrogens with one attached hydrogen (secondary N) is 2. The molecule has 0 fully saturated rings. The molecule has 0 saturated heterocycles. The van der Waals surface area contributed by atoms with Gasteiger partial charge >= 0.3 is 0 Å². The second-order valence-corrected chi connectivity index (χ2v) is 6.00. The predicted molar refractivity (Wildman–Crippen MR) is 98.9 cm³/mol. The van der Waals surface area contributed by atoms with Gasteiger partial charge in [-0.25, -0.2) is 9.37 Å². The van der Waals surface area contributed by atoms with Crippen molar-refractivity contribution >= 4 is 45.7 Å². The fourth-order valence-corrected chi connectivity index (χ4v) is 2.37. The first-order chi connectivity index (χ1) is 11.6. The first-order valence-electron chi connectivity index (χ1n) is 6.96. The SMILES string of the molecule is N#Cc1ccc(Nc2nc(Nc3cccc(F)c3)ncc2I)cc1. The Bertz CT molecular complexity index is 906. The van der Waals surface area contributed by atoms with Crippen LogP contribution in [0.2, 0.25) is 0 Å². The maximum absolute atomic E-state index is 13.2. The van der Waals surface area contributed by atoms with E-state index in [0.29, 0.717) is 23.0 Å². The highest BCUT2D eigenvalue weighted by Gasteiger charge is 2.06. The van der Waals surface area contributed by atoms with Crippen LogP contribution in [-0.2, 0) is 0 Å². The first-order valence-corrected chi connectivity index (χ1v) is 8.04. The molecule has 0 saturated carbocycles. The molecule has 0 aliphatic heterocycles. The molecule has 1 aromatic heterocycles. The Morgan fingerprint density at radius 3 is 2.54 bits per heavy atom. The second-order valence-electron chi connectivity index (χ2n) is 4.84. The number of benzene rings is 2. The molecule has 0 spiro atoms. The lowest BCUT2D eigenvalue weighted by atomic mass is 10.2. The van der Waals surface area contributed by atoms with Crippen molar-refractivity contribution in [1.29, 1.82) is 5.26 Å². The largest absolute Gasteiger partial charge is 0.339 e. The molecule has 118 valence electrons. The summed E-state index contributed by atoms with van der Waals surface area (Å²) in [4.78, 5) is 8.60. The zero-order chi connectivity index (χ0) is 16.9. The number of hydrogen-bond acceptors (Lipinski definition) is 5. The van der Waals surface area contributed by atoms with Gasteiger partial charge in [0.25, 0.3) is 0 Å². The van der Waals surface area contributed by atoms with E-state index in [1.807, 2.05) is 0 Å². The fraction of sp³-hybridized carbons (Fsp3) is 0. The lowest BCUT2D eigenvalue weighted by Crippen LogP contribution is -2.03. The molecule has 1 heterocycles. The van der Waals surface area contributed by atoms with Crippen LogP contribution in [0.15, 0.2) is 54.7 Å². The van der Waals surface area contributed by atoms with Crippen LogP contribution in [0.5, 0.6) is 0 Å². The van der Waals surface area contributed by atoms with E-state index >= 15 is 0 Å². The molecular formula is C17H11FIN5. The highest BCUT2D eigenvalue weighted by atomic mass is 127. The highest BCUT2D eigenvalue weighted by Crippen LogP contribution is 2.23. The molecule has 7 heteroatoms. The number of halogens is 2. The molecule has 0 bridgehead atoms. The summed E-state index contributed by atoms with van der Waals surface area (Å²) in [7, 11) is 0. The van der Waals surface area contributed by atoms with Crippen molar-refractivity contribution in [2.45, 2.75) is 0 Å². The van der Waals surface area contributed by atoms with Gasteiger partial charge in [-0.2, -0.15) is 10.2 Å². The quantitative estimate of drug-likeness (QED) is 0.592. The maximum atomic E-state index is 13.2. The van der Waals surface area contributed by atoms with Gasteiger partial charge in [0.2, 0.25) is 5.95 Å². The lowest BCUT2D eigenvalue weighted by Gasteiger charge is -2.10. The van der Waals surface area contributed by atoms with Gasteiger partial charge in [0, 0.05) is 17.6 Å². The summed E-state index contributed by atoms with van der Waals surface area (Å²) in [6.45, 7) is 0. The van der Waals surface area contributed by atoms with Gasteiger partial charge in [-0.3, -0.25) is 0 Å². The van der Waals surface area contributed by atoms with Gasteiger partial charge in [-0.05, 0) is 65.1 Å². The van der Waals surface area contributed by atoms with Gasteiger partial charge < -0.3 is 10.6 Å². The minimum Gasteiger partial charge on any atom is -0.339 e. The van der Waals surface area contributed by atoms with Crippen molar-refractivity contribution in [3.05, 3.63) is 69.7 Å². The number of aromatic nitrogens is 2. The van der Waals surface area contributed by atoms with E-state index in [0.717, 1.165) is 9.26 Å². The summed E-state index contributed by atoms with van der Waals surface area (Å²) in [5.74, 6) is 0.646. The minimum absolute atomic E-state index is 0.332. The van der Waals surface area contributed by atoms with Gasteiger partial charge in [0.1, 0.15) is 11.6 Å². The fourth-order valence-electron chi connectivity index (χ4n) is 1.98. The third-order valence-corrected chi connectivity index (χ3v) is 3.89. The maximum Gasteiger partial charge on any atom is 0.229 e. The summed E-state index contributed by atoms with van der Waals surface area (Å²) in [6, 6.07) is 15.2. The van der Waals surface area contributed by atoms with Crippen molar-refractivity contribution in [2.75, 3.05) is 10.6 Å². The average Bonchev–Trinajstić information content (AvgIpc) is 2.59. The number of hydrogen-bond donors (Lipinski definition) is 2. The molecule has 5 nitrogen and oxygen atoms in total. The highest BCUT2D eigenvalue weighted by molar-refractivity contribution is 14.1. The average molecular weight is 431 g/mol. The Kier molecular flexibility index (Phi) is 4.86. The normalized spacial score (nSPS) is 10.0. The summed E-state index contributed by atoms with van der Waals surface area (Å²) >= 11 is 2.13. The van der Waals surface area contributed by atoms with Crippen molar-refractivity contribution in [1.82, 2.24) is 9.97 Å². The molecule has 0 amide bonds. The zero-order valence-corrected chi connectivity index (χ0v) is 14.5. The van der Waals surface area contributed by atoms with E-state index in [-0.39, 0.29) is 5.82 Å². The van der Waals surface area contributed by atoms with E-state index in [2.05, 4.69) is 49.3 Å². The van der Waals surface area contributed by atoms with E-state index in [1.165, 1.54) is 12.1 Å². The van der Waals surface area contributed by atoms with E-state index in [4.69, 9.17) is 5.26 Å². The third kappa shape index (κ3) is 3.97. The summed E-state index contributed by atoms with van der Waals surface area (Å²) in [5, 5.41) is 15.0. The molecule has 0 atom stereocenters. The van der Waals surface area contributed by atoms with Crippen LogP contribution in [0.1, 0.15) is 5.56 Å². The van der Waals surface area contributed by atoms with Crippen molar-refractivity contribution in [2.24, 2.45) is 0 Å². The van der Waals surface area contributed by atoms with Crippen LogP contribution in [0, 0.1) is 20.7 Å². The van der Waals surface area contributed by atoms with E-state index < -0.39 is 0 Å². The zero-order valence-electron chi connectivity index (χ0n) is 12.3. The molecule has 2 aromatic carbocycles. The second kappa shape index (κ2) is 7.23. The molecular weight excluding hydrogens is 420 g/mol. The van der Waals surface area contributed by atoms with Gasteiger partial charge in [0.15, 0.2) is 0 Å². The van der Waals surface area contributed by atoms with Crippen LogP contribution in [-0.4, -0.2) is 9.97 Å². The lowest BCUT2D eigenvalue weighted by molar-refractivity contribution is 0.628. The van der Waals surface area contributed by atoms with Gasteiger partial charge in [-0.15, -0.1) is 0 Å². The van der Waals surface area contributed by atoms with Crippen molar-refractivity contribution < 1.29 is 4.39 Å². The van der Waals surface area contributed by atoms with Crippen LogP contribution in [0.3, 0.4) is 0 Å². The number of nitriles is 1. The Morgan fingerprint density at radius 2 is 1.83 bits per heavy atom. The molecule has 24 heavy (non-hydrogen) atoms. The van der Waals surface area contributed by atoms with Gasteiger partial charge in [0.05, 0.1) is 15.2 Å². The Hall–Kier alpha value is -2.73. The Morgan fingerprint density at radius 1 is 1.04 bits per heavy atom. The molecule has 3 aromatic rings. The smallest absolute Gasteiger partial charge is 0.229 e. The molecule has 0 aliphatic rings. The van der Waals surface area contributed by atoms with Crippen molar-refractivity contribution in [3.63, 3.8) is 0 Å². The van der Waals surface area contributed by atoms with E-state index in [1.54, 1.807) is 42.6 Å².